The van der Waals surface area contributed by atoms with Gasteiger partial charge in [0.25, 0.3) is 0 Å². The second-order valence-electron chi connectivity index (χ2n) is 11.1. The summed E-state index contributed by atoms with van der Waals surface area (Å²) in [6, 6.07) is 14.5. The van der Waals surface area contributed by atoms with Crippen LogP contribution in [0, 0.1) is 16.7 Å². The van der Waals surface area contributed by atoms with Crippen molar-refractivity contribution in [2.75, 3.05) is 7.11 Å². The second kappa shape index (κ2) is 7.81. The third-order valence-corrected chi connectivity index (χ3v) is 8.40. The molecular weight excluding hydrogens is 450 g/mol. The highest BCUT2D eigenvalue weighted by atomic mass is 79.9. The molecule has 4 aliphatic carbocycles. The van der Waals surface area contributed by atoms with Crippen LogP contribution in [0.2, 0.25) is 0 Å². The third kappa shape index (κ3) is 4.26. The molecule has 4 heteroatoms. The smallest absolute Gasteiger partial charge is 0.175 e. The maximum atomic E-state index is 6.11. The third-order valence-electron chi connectivity index (χ3n) is 7.81. The summed E-state index contributed by atoms with van der Waals surface area (Å²) in [4.78, 5) is 0. The summed E-state index contributed by atoms with van der Waals surface area (Å²) in [5.41, 5.74) is 3.72. The molecule has 31 heavy (non-hydrogen) atoms. The molecular formula is C27H34BrNO2. The molecule has 2 aromatic rings. The Morgan fingerprint density at radius 2 is 1.68 bits per heavy atom. The topological polar surface area (TPSA) is 30.5 Å². The number of rotatable bonds is 7. The van der Waals surface area contributed by atoms with E-state index in [4.69, 9.17) is 9.47 Å². The first-order valence-electron chi connectivity index (χ1n) is 11.6. The number of hydrogen-bond donors (Lipinski definition) is 1. The first-order valence-corrected chi connectivity index (χ1v) is 12.4. The molecule has 4 saturated carbocycles. The largest absolute Gasteiger partial charge is 0.493 e. The van der Waals surface area contributed by atoms with Gasteiger partial charge in [-0.05, 0) is 94.5 Å². The molecule has 3 nitrogen and oxygen atoms in total. The first kappa shape index (κ1) is 21.3. The van der Waals surface area contributed by atoms with Gasteiger partial charge in [-0.1, -0.05) is 44.2 Å². The minimum absolute atomic E-state index is 0.297. The first-order chi connectivity index (χ1) is 14.8. The molecule has 0 saturated heterocycles. The molecule has 1 N–H and O–H groups in total. The van der Waals surface area contributed by atoms with Gasteiger partial charge in [-0.2, -0.15) is 0 Å². The fraction of sp³-hybridized carbons (Fsp3) is 0.556. The zero-order valence-corrected chi connectivity index (χ0v) is 20.6. The Hall–Kier alpha value is -1.52. The highest BCUT2D eigenvalue weighted by molar-refractivity contribution is 9.10. The van der Waals surface area contributed by atoms with E-state index in [1.165, 1.54) is 44.1 Å². The van der Waals surface area contributed by atoms with Crippen LogP contribution in [-0.2, 0) is 13.2 Å². The lowest BCUT2D eigenvalue weighted by Crippen LogP contribution is -2.63. The Morgan fingerprint density at radius 3 is 2.32 bits per heavy atom. The van der Waals surface area contributed by atoms with Crippen LogP contribution in [0.3, 0.4) is 0 Å². The maximum absolute atomic E-state index is 6.11. The Kier molecular flexibility index (Phi) is 5.37. The van der Waals surface area contributed by atoms with E-state index >= 15 is 0 Å². The minimum atomic E-state index is 0.297. The van der Waals surface area contributed by atoms with Gasteiger partial charge in [0.05, 0.1) is 11.6 Å². The number of nitrogens with one attached hydrogen (secondary N) is 1. The summed E-state index contributed by atoms with van der Waals surface area (Å²) in [6.07, 6.45) is 8.25. The van der Waals surface area contributed by atoms with E-state index in [1.807, 2.05) is 18.2 Å². The lowest BCUT2D eigenvalue weighted by atomic mass is 9.43. The maximum Gasteiger partial charge on any atom is 0.175 e. The van der Waals surface area contributed by atoms with Crippen LogP contribution in [0.1, 0.15) is 63.5 Å². The Morgan fingerprint density at radius 1 is 0.968 bits per heavy atom. The monoisotopic (exact) mass is 483 g/mol. The zero-order valence-electron chi connectivity index (χ0n) is 19.0. The van der Waals surface area contributed by atoms with Crippen molar-refractivity contribution in [3.05, 3.63) is 58.1 Å². The van der Waals surface area contributed by atoms with Crippen LogP contribution >= 0.6 is 15.9 Å². The van der Waals surface area contributed by atoms with Gasteiger partial charge in [0, 0.05) is 12.1 Å². The molecule has 2 unspecified atom stereocenters. The molecule has 2 atom stereocenters. The molecule has 0 spiro atoms. The predicted octanol–water partition coefficient (Wildman–Crippen LogP) is 6.88. The number of benzene rings is 2. The number of hydrogen-bond acceptors (Lipinski definition) is 3. The molecule has 0 aromatic heterocycles. The molecule has 0 aliphatic heterocycles. The van der Waals surface area contributed by atoms with E-state index < -0.39 is 0 Å². The number of ether oxygens (including phenoxy) is 2. The lowest BCUT2D eigenvalue weighted by molar-refractivity contribution is -0.118. The van der Waals surface area contributed by atoms with Gasteiger partial charge < -0.3 is 14.8 Å². The van der Waals surface area contributed by atoms with Crippen molar-refractivity contribution in [1.82, 2.24) is 5.32 Å². The summed E-state index contributed by atoms with van der Waals surface area (Å²) >= 11 is 3.73. The van der Waals surface area contributed by atoms with E-state index in [2.05, 4.69) is 59.4 Å². The van der Waals surface area contributed by atoms with Gasteiger partial charge in [0.15, 0.2) is 11.5 Å². The van der Waals surface area contributed by atoms with Gasteiger partial charge in [-0.15, -0.1) is 0 Å². The van der Waals surface area contributed by atoms with Gasteiger partial charge in [-0.25, -0.2) is 0 Å². The molecule has 2 aromatic carbocycles. The second-order valence-corrected chi connectivity index (χ2v) is 12.0. The molecule has 4 aliphatic rings. The van der Waals surface area contributed by atoms with Crippen molar-refractivity contribution in [2.24, 2.45) is 16.7 Å². The Bertz CT molecular complexity index is 941. The molecule has 0 amide bonds. The highest BCUT2D eigenvalue weighted by Crippen LogP contribution is 2.66. The molecule has 0 heterocycles. The molecule has 4 fully saturated rings. The van der Waals surface area contributed by atoms with Crippen LogP contribution in [-0.4, -0.2) is 12.6 Å². The van der Waals surface area contributed by atoms with Crippen molar-refractivity contribution in [3.63, 3.8) is 0 Å². The van der Waals surface area contributed by atoms with Gasteiger partial charge in [0.1, 0.15) is 6.61 Å². The van der Waals surface area contributed by atoms with Crippen LogP contribution in [0.4, 0.5) is 0 Å². The molecule has 166 valence electrons. The normalized spacial score (nSPS) is 33.5. The van der Waals surface area contributed by atoms with Crippen LogP contribution < -0.4 is 14.8 Å². The molecule has 4 bridgehead atoms. The molecule has 0 radical (unpaired) electrons. The van der Waals surface area contributed by atoms with Crippen LogP contribution in [0.25, 0.3) is 0 Å². The van der Waals surface area contributed by atoms with Gasteiger partial charge >= 0.3 is 0 Å². The number of halogens is 1. The van der Waals surface area contributed by atoms with E-state index in [9.17, 15) is 0 Å². The summed E-state index contributed by atoms with van der Waals surface area (Å²) in [7, 11) is 1.72. The fourth-order valence-electron chi connectivity index (χ4n) is 7.68. The summed E-state index contributed by atoms with van der Waals surface area (Å²) < 4.78 is 12.8. The van der Waals surface area contributed by atoms with Crippen molar-refractivity contribution < 1.29 is 9.47 Å². The van der Waals surface area contributed by atoms with Crippen LogP contribution in [0.15, 0.2) is 46.9 Å². The van der Waals surface area contributed by atoms with Crippen molar-refractivity contribution in [2.45, 2.75) is 71.1 Å². The Balaban J connectivity index is 1.31. The lowest BCUT2D eigenvalue weighted by Gasteiger charge is -2.65. The minimum Gasteiger partial charge on any atom is -0.493 e. The fourth-order valence-corrected chi connectivity index (χ4v) is 8.28. The van der Waals surface area contributed by atoms with E-state index in [0.717, 1.165) is 34.0 Å². The van der Waals surface area contributed by atoms with Crippen molar-refractivity contribution in [3.8, 4) is 11.5 Å². The zero-order chi connectivity index (χ0) is 21.7. The Labute approximate surface area is 195 Å². The summed E-state index contributed by atoms with van der Waals surface area (Å²) in [5.74, 6) is 2.45. The van der Waals surface area contributed by atoms with E-state index in [0.29, 0.717) is 23.0 Å². The molecule has 6 rings (SSSR count). The highest BCUT2D eigenvalue weighted by Gasteiger charge is 2.59. The van der Waals surface area contributed by atoms with E-state index in [1.54, 1.807) is 7.11 Å². The quantitative estimate of drug-likeness (QED) is 0.465. The van der Waals surface area contributed by atoms with Crippen molar-refractivity contribution >= 4 is 15.9 Å². The standard InChI is InChI=1S/C27H34BrNO2/c1-25-11-21-12-26(2,16-25)18-27(13-21,17-25)29-14-20-9-22(28)24(23(10-20)30-3)31-15-19-7-5-4-6-8-19/h4-10,21,29H,11-18H2,1-3H3. The van der Waals surface area contributed by atoms with E-state index in [-0.39, 0.29) is 0 Å². The van der Waals surface area contributed by atoms with Crippen molar-refractivity contribution in [1.29, 1.82) is 0 Å². The SMILES string of the molecule is COc1cc(CNC23CC4CC(C)(CC(C)(C4)C2)C3)cc(Br)c1OCc1ccccc1. The van der Waals surface area contributed by atoms with Gasteiger partial charge in [-0.3, -0.25) is 0 Å². The average Bonchev–Trinajstić information content (AvgIpc) is 2.69. The number of methoxy groups -OCH3 is 1. The van der Waals surface area contributed by atoms with Crippen LogP contribution in [0.5, 0.6) is 11.5 Å². The summed E-state index contributed by atoms with van der Waals surface area (Å²) in [5, 5.41) is 4.03. The predicted molar refractivity (Wildman–Crippen MR) is 128 cm³/mol. The average molecular weight is 484 g/mol. The van der Waals surface area contributed by atoms with Gasteiger partial charge in [0.2, 0.25) is 0 Å². The summed E-state index contributed by atoms with van der Waals surface area (Å²) in [6.45, 7) is 6.46.